The highest BCUT2D eigenvalue weighted by Gasteiger charge is 2.38. The predicted octanol–water partition coefficient (Wildman–Crippen LogP) is 5.58. The second-order valence-electron chi connectivity index (χ2n) is 6.75. The van der Waals surface area contributed by atoms with Crippen LogP contribution in [-0.4, -0.2) is 19.1 Å². The molecular weight excluding hydrogens is 470 g/mol. The molecule has 3 rings (SSSR count). The van der Waals surface area contributed by atoms with Crippen LogP contribution in [0.25, 0.3) is 11.0 Å². The van der Waals surface area contributed by atoms with Crippen LogP contribution in [0.5, 0.6) is 11.5 Å². The molecular formula is C22H18ClF4NO5. The SMILES string of the molecule is CCOc1cc(F)cc(OCC)c1NC(=O)Cc1c(C(F)(F)F)c2cc(Cl)ccc2oc1=O. The van der Waals surface area contributed by atoms with Gasteiger partial charge in [0.2, 0.25) is 5.91 Å². The molecule has 0 radical (unpaired) electrons. The Labute approximate surface area is 190 Å². The molecule has 0 fully saturated rings. The van der Waals surface area contributed by atoms with Crippen LogP contribution in [0.15, 0.2) is 39.5 Å². The van der Waals surface area contributed by atoms with Crippen molar-refractivity contribution in [1.82, 2.24) is 0 Å². The molecule has 6 nitrogen and oxygen atoms in total. The van der Waals surface area contributed by atoms with E-state index in [-0.39, 0.29) is 41.0 Å². The third-order valence-electron chi connectivity index (χ3n) is 4.48. The summed E-state index contributed by atoms with van der Waals surface area (Å²) in [4.78, 5) is 25.1. The summed E-state index contributed by atoms with van der Waals surface area (Å²) in [5.74, 6) is -1.86. The van der Waals surface area contributed by atoms with Crippen molar-refractivity contribution in [2.24, 2.45) is 0 Å². The second-order valence-corrected chi connectivity index (χ2v) is 7.19. The fraction of sp³-hybridized carbons (Fsp3) is 0.273. The lowest BCUT2D eigenvalue weighted by molar-refractivity contribution is -0.137. The molecule has 1 N–H and O–H groups in total. The van der Waals surface area contributed by atoms with Crippen molar-refractivity contribution in [1.29, 1.82) is 0 Å². The van der Waals surface area contributed by atoms with E-state index in [1.165, 1.54) is 6.07 Å². The number of benzene rings is 2. The number of ether oxygens (including phenoxy) is 2. The molecule has 0 saturated carbocycles. The van der Waals surface area contributed by atoms with Crippen molar-refractivity contribution in [2.75, 3.05) is 18.5 Å². The van der Waals surface area contributed by atoms with Crippen LogP contribution >= 0.6 is 11.6 Å². The number of hydrogen-bond donors (Lipinski definition) is 1. The van der Waals surface area contributed by atoms with Gasteiger partial charge in [0, 0.05) is 22.5 Å². The molecule has 0 aliphatic heterocycles. The zero-order valence-electron chi connectivity index (χ0n) is 17.4. The summed E-state index contributed by atoms with van der Waals surface area (Å²) in [7, 11) is 0. The van der Waals surface area contributed by atoms with Crippen LogP contribution in [0.3, 0.4) is 0 Å². The Kier molecular flexibility index (Phi) is 7.16. The lowest BCUT2D eigenvalue weighted by Crippen LogP contribution is -2.25. The minimum Gasteiger partial charge on any atom is -0.491 e. The summed E-state index contributed by atoms with van der Waals surface area (Å²) < 4.78 is 71.2. The maximum atomic E-state index is 13.9. The van der Waals surface area contributed by atoms with E-state index in [1.54, 1.807) is 13.8 Å². The number of rotatable bonds is 7. The molecule has 11 heteroatoms. The van der Waals surface area contributed by atoms with E-state index in [1.807, 2.05) is 0 Å². The Morgan fingerprint density at radius 1 is 1.09 bits per heavy atom. The molecule has 0 aliphatic rings. The Bertz CT molecular complexity index is 1230. The zero-order chi connectivity index (χ0) is 24.3. The monoisotopic (exact) mass is 487 g/mol. The van der Waals surface area contributed by atoms with E-state index in [4.69, 9.17) is 25.5 Å². The number of carbonyl (C=O) groups excluding carboxylic acids is 1. The van der Waals surface area contributed by atoms with Crippen molar-refractivity contribution in [3.05, 3.63) is 62.7 Å². The van der Waals surface area contributed by atoms with Gasteiger partial charge in [-0.3, -0.25) is 4.79 Å². The average molecular weight is 488 g/mol. The van der Waals surface area contributed by atoms with Gasteiger partial charge in [-0.25, -0.2) is 9.18 Å². The minimum atomic E-state index is -4.97. The first-order chi connectivity index (χ1) is 15.5. The third-order valence-corrected chi connectivity index (χ3v) is 4.71. The normalized spacial score (nSPS) is 11.5. The van der Waals surface area contributed by atoms with Gasteiger partial charge >= 0.3 is 11.8 Å². The first-order valence-corrected chi connectivity index (χ1v) is 10.1. The van der Waals surface area contributed by atoms with Crippen molar-refractivity contribution in [3.63, 3.8) is 0 Å². The standard InChI is InChI=1S/C22H18ClF4NO5/c1-3-31-16-8-12(24)9-17(32-4-2)20(16)28-18(29)10-14-19(22(25,26)27)13-7-11(23)5-6-15(13)33-21(14)30/h5-9H,3-4,10H2,1-2H3,(H,28,29). The van der Waals surface area contributed by atoms with Gasteiger partial charge in [-0.05, 0) is 32.0 Å². The van der Waals surface area contributed by atoms with Gasteiger partial charge < -0.3 is 19.2 Å². The highest BCUT2D eigenvalue weighted by molar-refractivity contribution is 6.31. The number of hydrogen-bond acceptors (Lipinski definition) is 5. The van der Waals surface area contributed by atoms with Gasteiger partial charge in [-0.2, -0.15) is 13.2 Å². The van der Waals surface area contributed by atoms with Gasteiger partial charge in [-0.15, -0.1) is 0 Å². The molecule has 0 unspecified atom stereocenters. The number of fused-ring (bicyclic) bond motifs is 1. The van der Waals surface area contributed by atoms with E-state index >= 15 is 0 Å². The topological polar surface area (TPSA) is 77.8 Å². The van der Waals surface area contributed by atoms with Gasteiger partial charge in [-0.1, -0.05) is 11.6 Å². The molecule has 0 saturated heterocycles. The predicted molar refractivity (Wildman–Crippen MR) is 114 cm³/mol. The summed E-state index contributed by atoms with van der Waals surface area (Å²) in [6, 6.07) is 5.41. The van der Waals surface area contributed by atoms with E-state index in [0.717, 1.165) is 24.3 Å². The fourth-order valence-corrected chi connectivity index (χ4v) is 3.43. The Morgan fingerprint density at radius 2 is 1.70 bits per heavy atom. The van der Waals surface area contributed by atoms with Crippen LogP contribution in [0, 0.1) is 5.82 Å². The second kappa shape index (κ2) is 9.70. The Balaban J connectivity index is 2.07. The fourth-order valence-electron chi connectivity index (χ4n) is 3.26. The van der Waals surface area contributed by atoms with Gasteiger partial charge in [0.25, 0.3) is 0 Å². The lowest BCUT2D eigenvalue weighted by atomic mass is 10.0. The number of carbonyl (C=O) groups is 1. The Morgan fingerprint density at radius 3 is 2.24 bits per heavy atom. The number of alkyl halides is 3. The molecule has 2 aromatic carbocycles. The van der Waals surface area contributed by atoms with Crippen LogP contribution in [0.2, 0.25) is 5.02 Å². The number of amides is 1. The van der Waals surface area contributed by atoms with Crippen molar-refractivity contribution >= 4 is 34.2 Å². The van der Waals surface area contributed by atoms with E-state index in [0.29, 0.717) is 0 Å². The quantitative estimate of drug-likeness (QED) is 0.347. The summed E-state index contributed by atoms with van der Waals surface area (Å²) >= 11 is 5.83. The summed E-state index contributed by atoms with van der Waals surface area (Å²) in [6.07, 6.45) is -5.95. The van der Waals surface area contributed by atoms with Gasteiger partial charge in [0.15, 0.2) is 0 Å². The maximum absolute atomic E-state index is 13.9. The number of nitrogens with one attached hydrogen (secondary N) is 1. The van der Waals surface area contributed by atoms with Crippen molar-refractivity contribution < 1.29 is 36.2 Å². The summed E-state index contributed by atoms with van der Waals surface area (Å²) in [5.41, 5.74) is -3.93. The smallest absolute Gasteiger partial charge is 0.417 e. The molecule has 33 heavy (non-hydrogen) atoms. The highest BCUT2D eigenvalue weighted by atomic mass is 35.5. The zero-order valence-corrected chi connectivity index (χ0v) is 18.2. The van der Waals surface area contributed by atoms with Crippen molar-refractivity contribution in [2.45, 2.75) is 26.4 Å². The van der Waals surface area contributed by atoms with E-state index in [9.17, 15) is 27.2 Å². The molecule has 0 bridgehead atoms. The summed E-state index contributed by atoms with van der Waals surface area (Å²) in [6.45, 7) is 3.48. The third kappa shape index (κ3) is 5.39. The largest absolute Gasteiger partial charge is 0.491 e. The van der Waals surface area contributed by atoms with Gasteiger partial charge in [0.05, 0.1) is 30.8 Å². The molecule has 3 aromatic rings. The number of anilines is 1. The molecule has 1 aromatic heterocycles. The minimum absolute atomic E-state index is 0.00808. The van der Waals surface area contributed by atoms with Crippen LogP contribution in [-0.2, 0) is 17.4 Å². The molecule has 0 spiro atoms. The molecule has 0 atom stereocenters. The van der Waals surface area contributed by atoms with Gasteiger partial charge in [0.1, 0.15) is 28.6 Å². The average Bonchev–Trinajstić information content (AvgIpc) is 2.70. The number of halogens is 5. The van der Waals surface area contributed by atoms with Crippen molar-refractivity contribution in [3.8, 4) is 11.5 Å². The lowest BCUT2D eigenvalue weighted by Gasteiger charge is -2.17. The summed E-state index contributed by atoms with van der Waals surface area (Å²) in [5, 5.41) is 1.90. The molecule has 1 heterocycles. The molecule has 176 valence electrons. The molecule has 1 amide bonds. The van der Waals surface area contributed by atoms with Crippen LogP contribution < -0.4 is 20.4 Å². The first-order valence-electron chi connectivity index (χ1n) is 9.76. The van der Waals surface area contributed by atoms with E-state index < -0.39 is 46.5 Å². The molecule has 0 aliphatic carbocycles. The van der Waals surface area contributed by atoms with E-state index in [2.05, 4.69) is 5.32 Å². The Hall–Kier alpha value is -3.27. The maximum Gasteiger partial charge on any atom is 0.417 e. The first kappa shape index (κ1) is 24.4. The van der Waals surface area contributed by atoms with Crippen LogP contribution in [0.4, 0.5) is 23.2 Å². The van der Waals surface area contributed by atoms with Crippen LogP contribution in [0.1, 0.15) is 25.0 Å². The highest BCUT2D eigenvalue weighted by Crippen LogP contribution is 2.39.